The highest BCUT2D eigenvalue weighted by Gasteiger charge is 2.28. The van der Waals surface area contributed by atoms with Crippen LogP contribution in [0.4, 0.5) is 0 Å². The van der Waals surface area contributed by atoms with Crippen LogP contribution in [0.1, 0.15) is 32.0 Å². The molecule has 1 N–H and O–H groups in total. The van der Waals surface area contributed by atoms with E-state index in [4.69, 9.17) is 14.2 Å². The molecule has 1 aliphatic heterocycles. The molecule has 0 bridgehead atoms. The molecule has 0 aliphatic carbocycles. The van der Waals surface area contributed by atoms with Crippen LogP contribution in [-0.2, 0) is 22.5 Å². The van der Waals surface area contributed by atoms with Crippen LogP contribution in [0.25, 0.3) is 0 Å². The van der Waals surface area contributed by atoms with Gasteiger partial charge < -0.3 is 19.3 Å². The molecule has 0 radical (unpaired) electrons. The van der Waals surface area contributed by atoms with Crippen LogP contribution in [0.2, 0.25) is 0 Å². The summed E-state index contributed by atoms with van der Waals surface area (Å²) in [7, 11) is 0. The molecule has 5 heteroatoms. The van der Waals surface area contributed by atoms with Gasteiger partial charge in [0.05, 0.1) is 32.1 Å². The predicted molar refractivity (Wildman–Crippen MR) is 74.5 cm³/mol. The van der Waals surface area contributed by atoms with Crippen molar-refractivity contribution >= 4 is 0 Å². The zero-order valence-corrected chi connectivity index (χ0v) is 12.4. The fourth-order valence-electron chi connectivity index (χ4n) is 2.20. The third-order valence-corrected chi connectivity index (χ3v) is 3.41. The van der Waals surface area contributed by atoms with Gasteiger partial charge in [0.25, 0.3) is 0 Å². The Kier molecular flexibility index (Phi) is 4.96. The van der Waals surface area contributed by atoms with Gasteiger partial charge in [-0.1, -0.05) is 6.92 Å². The molecule has 1 fully saturated rings. The molecule has 0 saturated carbocycles. The zero-order chi connectivity index (χ0) is 14.6. The number of nitrogens with zero attached hydrogens (tertiary/aromatic N) is 1. The number of aromatic nitrogens is 1. The molecular weight excluding hydrogens is 258 g/mol. The second kappa shape index (κ2) is 6.52. The molecule has 0 amide bonds. The smallest absolute Gasteiger partial charge is 0.162 e. The fraction of sp³-hybridized carbons (Fsp3) is 0.667. The predicted octanol–water partition coefficient (Wildman–Crippen LogP) is 1.91. The van der Waals surface area contributed by atoms with Gasteiger partial charge in [-0.15, -0.1) is 0 Å². The number of hydrogen-bond donors (Lipinski definition) is 1. The van der Waals surface area contributed by atoms with Gasteiger partial charge in [0.2, 0.25) is 0 Å². The Morgan fingerprint density at radius 2 is 2.10 bits per heavy atom. The van der Waals surface area contributed by atoms with Gasteiger partial charge in [0, 0.05) is 17.7 Å². The SMILES string of the molecule is CCc1c(OCC2COC(C)(C)OC2)ccnc1CO. The van der Waals surface area contributed by atoms with Gasteiger partial charge in [-0.3, -0.25) is 4.98 Å². The maximum Gasteiger partial charge on any atom is 0.162 e. The first kappa shape index (κ1) is 15.2. The average Bonchev–Trinajstić information content (AvgIpc) is 2.45. The molecule has 1 aromatic heterocycles. The van der Waals surface area contributed by atoms with E-state index < -0.39 is 5.79 Å². The molecular formula is C15H23NO4. The Morgan fingerprint density at radius 1 is 1.40 bits per heavy atom. The molecule has 1 aromatic rings. The van der Waals surface area contributed by atoms with Crippen molar-refractivity contribution < 1.29 is 19.3 Å². The maximum absolute atomic E-state index is 9.29. The van der Waals surface area contributed by atoms with Crippen molar-refractivity contribution in [1.29, 1.82) is 0 Å². The van der Waals surface area contributed by atoms with E-state index in [1.54, 1.807) is 6.20 Å². The van der Waals surface area contributed by atoms with Gasteiger partial charge in [0.15, 0.2) is 5.79 Å². The summed E-state index contributed by atoms with van der Waals surface area (Å²) in [5.74, 6) is 0.515. The van der Waals surface area contributed by atoms with Gasteiger partial charge in [0.1, 0.15) is 5.75 Å². The Bertz CT molecular complexity index is 437. The zero-order valence-electron chi connectivity index (χ0n) is 12.4. The van der Waals surface area contributed by atoms with Gasteiger partial charge >= 0.3 is 0 Å². The minimum absolute atomic E-state index is 0.0653. The Balaban J connectivity index is 1.94. The van der Waals surface area contributed by atoms with Crippen molar-refractivity contribution in [3.8, 4) is 5.75 Å². The molecule has 2 heterocycles. The first-order valence-electron chi connectivity index (χ1n) is 7.04. The number of pyridine rings is 1. The van der Waals surface area contributed by atoms with Crippen molar-refractivity contribution in [2.45, 2.75) is 39.6 Å². The summed E-state index contributed by atoms with van der Waals surface area (Å²) in [5.41, 5.74) is 1.65. The topological polar surface area (TPSA) is 60.8 Å². The Hall–Kier alpha value is -1.17. The molecule has 0 atom stereocenters. The molecule has 112 valence electrons. The van der Waals surface area contributed by atoms with E-state index in [-0.39, 0.29) is 12.5 Å². The fourth-order valence-corrected chi connectivity index (χ4v) is 2.20. The molecule has 5 nitrogen and oxygen atoms in total. The van der Waals surface area contributed by atoms with E-state index >= 15 is 0 Å². The lowest BCUT2D eigenvalue weighted by Gasteiger charge is -2.34. The number of aliphatic hydroxyl groups is 1. The number of hydrogen-bond acceptors (Lipinski definition) is 5. The second-order valence-corrected chi connectivity index (χ2v) is 5.44. The van der Waals surface area contributed by atoms with Crippen LogP contribution >= 0.6 is 0 Å². The molecule has 1 aliphatic rings. The van der Waals surface area contributed by atoms with Crippen molar-refractivity contribution in [2.24, 2.45) is 5.92 Å². The minimum Gasteiger partial charge on any atom is -0.493 e. The van der Waals surface area contributed by atoms with Crippen molar-refractivity contribution in [2.75, 3.05) is 19.8 Å². The average molecular weight is 281 g/mol. The van der Waals surface area contributed by atoms with Crippen LogP contribution in [0.15, 0.2) is 12.3 Å². The van der Waals surface area contributed by atoms with E-state index in [9.17, 15) is 5.11 Å². The number of aliphatic hydroxyl groups excluding tert-OH is 1. The summed E-state index contributed by atoms with van der Waals surface area (Å²) < 4.78 is 17.1. The van der Waals surface area contributed by atoms with E-state index in [1.807, 2.05) is 26.8 Å². The first-order chi connectivity index (χ1) is 9.55. The highest BCUT2D eigenvalue weighted by atomic mass is 16.7. The summed E-state index contributed by atoms with van der Waals surface area (Å²) in [6, 6.07) is 1.84. The van der Waals surface area contributed by atoms with Gasteiger partial charge in [-0.05, 0) is 26.3 Å². The van der Waals surface area contributed by atoms with E-state index in [0.29, 0.717) is 25.5 Å². The summed E-state index contributed by atoms with van der Waals surface area (Å²) in [6.45, 7) is 7.59. The highest BCUT2D eigenvalue weighted by Crippen LogP contribution is 2.24. The highest BCUT2D eigenvalue weighted by molar-refractivity contribution is 5.35. The van der Waals surface area contributed by atoms with Crippen LogP contribution in [0, 0.1) is 5.92 Å². The standard InChI is InChI=1S/C15H23NO4/c1-4-12-13(7-17)16-6-5-14(12)18-8-11-9-19-15(2,3)20-10-11/h5-6,11,17H,4,7-10H2,1-3H3. The van der Waals surface area contributed by atoms with Crippen molar-refractivity contribution in [3.63, 3.8) is 0 Å². The first-order valence-corrected chi connectivity index (χ1v) is 7.04. The normalized spacial score (nSPS) is 19.0. The summed E-state index contributed by atoms with van der Waals surface area (Å²) in [4.78, 5) is 4.16. The van der Waals surface area contributed by atoms with Crippen LogP contribution in [0.3, 0.4) is 0 Å². The maximum atomic E-state index is 9.29. The van der Waals surface area contributed by atoms with E-state index in [0.717, 1.165) is 17.7 Å². The Morgan fingerprint density at radius 3 is 2.70 bits per heavy atom. The Labute approximate surface area is 119 Å². The largest absolute Gasteiger partial charge is 0.493 e. The summed E-state index contributed by atoms with van der Waals surface area (Å²) in [6.07, 6.45) is 2.45. The lowest BCUT2D eigenvalue weighted by atomic mass is 10.1. The second-order valence-electron chi connectivity index (χ2n) is 5.44. The molecule has 0 aromatic carbocycles. The number of ether oxygens (including phenoxy) is 3. The quantitative estimate of drug-likeness (QED) is 0.893. The van der Waals surface area contributed by atoms with Crippen LogP contribution in [-0.4, -0.2) is 35.7 Å². The van der Waals surface area contributed by atoms with Gasteiger partial charge in [-0.2, -0.15) is 0 Å². The third-order valence-electron chi connectivity index (χ3n) is 3.41. The van der Waals surface area contributed by atoms with Gasteiger partial charge in [-0.25, -0.2) is 0 Å². The molecule has 0 spiro atoms. The third kappa shape index (κ3) is 3.69. The molecule has 20 heavy (non-hydrogen) atoms. The van der Waals surface area contributed by atoms with E-state index in [1.165, 1.54) is 0 Å². The summed E-state index contributed by atoms with van der Waals surface area (Å²) in [5, 5.41) is 9.29. The van der Waals surface area contributed by atoms with E-state index in [2.05, 4.69) is 4.98 Å². The lowest BCUT2D eigenvalue weighted by Crippen LogP contribution is -2.41. The summed E-state index contributed by atoms with van der Waals surface area (Å²) >= 11 is 0. The van der Waals surface area contributed by atoms with Crippen LogP contribution < -0.4 is 4.74 Å². The molecule has 2 rings (SSSR count). The number of rotatable bonds is 5. The minimum atomic E-state index is -0.494. The molecule has 1 saturated heterocycles. The lowest BCUT2D eigenvalue weighted by molar-refractivity contribution is -0.264. The monoisotopic (exact) mass is 281 g/mol. The van der Waals surface area contributed by atoms with Crippen LogP contribution in [0.5, 0.6) is 5.75 Å². The van der Waals surface area contributed by atoms with Crippen molar-refractivity contribution in [1.82, 2.24) is 4.98 Å². The van der Waals surface area contributed by atoms with Crippen molar-refractivity contribution in [3.05, 3.63) is 23.5 Å². The molecule has 0 unspecified atom stereocenters.